The van der Waals surface area contributed by atoms with E-state index in [0.29, 0.717) is 18.8 Å². The summed E-state index contributed by atoms with van der Waals surface area (Å²) in [6.07, 6.45) is 3.28. The first-order chi connectivity index (χ1) is 8.97. The highest BCUT2D eigenvalue weighted by Gasteiger charge is 2.07. The highest BCUT2D eigenvalue weighted by Crippen LogP contribution is 2.09. The normalized spacial score (nSPS) is 11.9. The van der Waals surface area contributed by atoms with E-state index >= 15 is 0 Å². The van der Waals surface area contributed by atoms with Gasteiger partial charge in [-0.15, -0.1) is 0 Å². The van der Waals surface area contributed by atoms with Crippen molar-refractivity contribution < 1.29 is 14.7 Å². The van der Waals surface area contributed by atoms with Gasteiger partial charge < -0.3 is 10.4 Å². The molecule has 3 N–H and O–H groups in total. The monoisotopic (exact) mass is 268 g/mol. The molecule has 0 saturated carbocycles. The van der Waals surface area contributed by atoms with Gasteiger partial charge in [0.2, 0.25) is 0 Å². The Morgan fingerprint density at radius 2 is 2.21 bits per heavy atom. The van der Waals surface area contributed by atoms with Crippen LogP contribution in [0.2, 0.25) is 0 Å². The highest BCUT2D eigenvalue weighted by atomic mass is 16.4. The summed E-state index contributed by atoms with van der Waals surface area (Å²) in [5.41, 5.74) is 0. The average molecular weight is 268 g/mol. The summed E-state index contributed by atoms with van der Waals surface area (Å²) in [6, 6.07) is 1.40. The molecule has 1 rings (SSSR count). The van der Waals surface area contributed by atoms with Gasteiger partial charge in [-0.2, -0.15) is 5.10 Å². The number of carboxylic acid groups (broad SMARTS) is 1. The lowest BCUT2D eigenvalue weighted by Crippen LogP contribution is -2.30. The number of hydrogen-bond acceptors (Lipinski definition) is 3. The standard InChI is InChI=1S/C12H20N4O3/c1-9(3-4-11(17)18)5-7-13-12(19)14-10-6-8-16(2)15-10/h6,8-9H,3-5,7H2,1-2H3,(H,17,18)(H2,13,14,15,19). The third-order valence-corrected chi connectivity index (χ3v) is 2.73. The third kappa shape index (κ3) is 6.44. The molecule has 1 atom stereocenters. The molecule has 7 nitrogen and oxygen atoms in total. The van der Waals surface area contributed by atoms with E-state index < -0.39 is 5.97 Å². The maximum atomic E-state index is 11.5. The number of aliphatic carboxylic acids is 1. The first kappa shape index (κ1) is 15.0. The van der Waals surface area contributed by atoms with Crippen LogP contribution in [-0.2, 0) is 11.8 Å². The zero-order valence-corrected chi connectivity index (χ0v) is 11.2. The summed E-state index contributed by atoms with van der Waals surface area (Å²) >= 11 is 0. The lowest BCUT2D eigenvalue weighted by atomic mass is 10.0. The highest BCUT2D eigenvalue weighted by molar-refractivity contribution is 5.88. The topological polar surface area (TPSA) is 96.3 Å². The number of nitrogens with one attached hydrogen (secondary N) is 2. The van der Waals surface area contributed by atoms with E-state index in [1.807, 2.05) is 6.92 Å². The van der Waals surface area contributed by atoms with Gasteiger partial charge in [-0.1, -0.05) is 6.92 Å². The van der Waals surface area contributed by atoms with Gasteiger partial charge in [-0.05, 0) is 18.8 Å². The van der Waals surface area contributed by atoms with E-state index in [9.17, 15) is 9.59 Å². The molecular formula is C12H20N4O3. The van der Waals surface area contributed by atoms with Crippen molar-refractivity contribution >= 4 is 17.8 Å². The predicted octanol–water partition coefficient (Wildman–Crippen LogP) is 1.43. The van der Waals surface area contributed by atoms with Gasteiger partial charge in [0.25, 0.3) is 0 Å². The number of aromatic nitrogens is 2. The summed E-state index contributed by atoms with van der Waals surface area (Å²) in [5, 5.41) is 17.9. The molecule has 1 unspecified atom stereocenters. The van der Waals surface area contributed by atoms with Gasteiger partial charge in [0.15, 0.2) is 5.82 Å². The fraction of sp³-hybridized carbons (Fsp3) is 0.583. The smallest absolute Gasteiger partial charge is 0.320 e. The van der Waals surface area contributed by atoms with Crippen LogP contribution in [0.1, 0.15) is 26.2 Å². The molecular weight excluding hydrogens is 248 g/mol. The van der Waals surface area contributed by atoms with Gasteiger partial charge in [0, 0.05) is 32.3 Å². The SMILES string of the molecule is CC(CCNC(=O)Nc1ccn(C)n1)CCC(=O)O. The molecule has 0 spiro atoms. The number of carboxylic acids is 1. The second-order valence-corrected chi connectivity index (χ2v) is 4.58. The van der Waals surface area contributed by atoms with Crippen molar-refractivity contribution in [3.63, 3.8) is 0 Å². The third-order valence-electron chi connectivity index (χ3n) is 2.73. The molecule has 0 saturated heterocycles. The van der Waals surface area contributed by atoms with E-state index in [1.165, 1.54) is 0 Å². The van der Waals surface area contributed by atoms with Crippen LogP contribution >= 0.6 is 0 Å². The number of aryl methyl sites for hydroxylation is 1. The van der Waals surface area contributed by atoms with E-state index in [4.69, 9.17) is 5.11 Å². The molecule has 0 aliphatic heterocycles. The molecule has 0 fully saturated rings. The van der Waals surface area contributed by atoms with Crippen LogP contribution in [0.4, 0.5) is 10.6 Å². The average Bonchev–Trinajstić information content (AvgIpc) is 2.72. The van der Waals surface area contributed by atoms with Crippen molar-refractivity contribution in [2.24, 2.45) is 13.0 Å². The van der Waals surface area contributed by atoms with Gasteiger partial charge in [0.05, 0.1) is 0 Å². The minimum atomic E-state index is -0.785. The molecule has 0 aliphatic carbocycles. The molecule has 0 aromatic carbocycles. The van der Waals surface area contributed by atoms with Crippen molar-refractivity contribution in [1.29, 1.82) is 0 Å². The Hall–Kier alpha value is -2.05. The zero-order valence-electron chi connectivity index (χ0n) is 11.2. The van der Waals surface area contributed by atoms with E-state index in [0.717, 1.165) is 6.42 Å². The number of amides is 2. The molecule has 19 heavy (non-hydrogen) atoms. The summed E-state index contributed by atoms with van der Waals surface area (Å²) in [4.78, 5) is 21.9. The Labute approximate surface area is 112 Å². The number of carbonyl (C=O) groups excluding carboxylic acids is 1. The quantitative estimate of drug-likeness (QED) is 0.697. The van der Waals surface area contributed by atoms with Gasteiger partial charge in [-0.3, -0.25) is 14.8 Å². The Balaban J connectivity index is 2.15. The van der Waals surface area contributed by atoms with Gasteiger partial charge >= 0.3 is 12.0 Å². The van der Waals surface area contributed by atoms with Crippen molar-refractivity contribution in [3.05, 3.63) is 12.3 Å². The van der Waals surface area contributed by atoms with Gasteiger partial charge in [-0.25, -0.2) is 4.79 Å². The van der Waals surface area contributed by atoms with Crippen molar-refractivity contribution in [3.8, 4) is 0 Å². The number of rotatable bonds is 7. The Morgan fingerprint density at radius 1 is 1.47 bits per heavy atom. The molecule has 0 radical (unpaired) electrons. The Bertz CT molecular complexity index is 430. The summed E-state index contributed by atoms with van der Waals surface area (Å²) < 4.78 is 1.60. The summed E-state index contributed by atoms with van der Waals surface area (Å²) in [5.74, 6) is -0.0159. The molecule has 2 amide bonds. The van der Waals surface area contributed by atoms with Crippen LogP contribution in [0.5, 0.6) is 0 Å². The first-order valence-electron chi connectivity index (χ1n) is 6.23. The maximum Gasteiger partial charge on any atom is 0.320 e. The van der Waals surface area contributed by atoms with E-state index in [2.05, 4.69) is 15.7 Å². The largest absolute Gasteiger partial charge is 0.481 e. The zero-order chi connectivity index (χ0) is 14.3. The Kier molecular flexibility index (Phi) is 5.84. The van der Waals surface area contributed by atoms with E-state index in [-0.39, 0.29) is 18.4 Å². The number of carbonyl (C=O) groups is 2. The van der Waals surface area contributed by atoms with E-state index in [1.54, 1.807) is 24.0 Å². The number of hydrogen-bond donors (Lipinski definition) is 3. The number of nitrogens with zero attached hydrogens (tertiary/aromatic N) is 2. The van der Waals surface area contributed by atoms with Crippen molar-refractivity contribution in [2.75, 3.05) is 11.9 Å². The summed E-state index contributed by atoms with van der Waals surface area (Å²) in [6.45, 7) is 2.49. The molecule has 0 aliphatic rings. The first-order valence-corrected chi connectivity index (χ1v) is 6.23. The molecule has 0 bridgehead atoms. The number of urea groups is 1. The second-order valence-electron chi connectivity index (χ2n) is 4.58. The number of anilines is 1. The van der Waals surface area contributed by atoms with Crippen LogP contribution < -0.4 is 10.6 Å². The van der Waals surface area contributed by atoms with Crippen molar-refractivity contribution in [2.45, 2.75) is 26.2 Å². The second kappa shape index (κ2) is 7.40. The van der Waals surface area contributed by atoms with Crippen LogP contribution in [0.25, 0.3) is 0 Å². The lowest BCUT2D eigenvalue weighted by molar-refractivity contribution is -0.137. The molecule has 106 valence electrons. The minimum absolute atomic E-state index is 0.168. The fourth-order valence-corrected chi connectivity index (χ4v) is 1.59. The fourth-order valence-electron chi connectivity index (χ4n) is 1.59. The Morgan fingerprint density at radius 3 is 2.79 bits per heavy atom. The predicted molar refractivity (Wildman–Crippen MR) is 70.9 cm³/mol. The summed E-state index contributed by atoms with van der Waals surface area (Å²) in [7, 11) is 1.77. The molecule has 7 heteroatoms. The maximum absolute atomic E-state index is 11.5. The molecule has 1 aromatic rings. The molecule has 1 aromatic heterocycles. The van der Waals surface area contributed by atoms with Crippen LogP contribution in [0.15, 0.2) is 12.3 Å². The molecule has 1 heterocycles. The van der Waals surface area contributed by atoms with Crippen LogP contribution in [-0.4, -0.2) is 33.4 Å². The van der Waals surface area contributed by atoms with Gasteiger partial charge in [0.1, 0.15) is 0 Å². The van der Waals surface area contributed by atoms with Crippen LogP contribution in [0.3, 0.4) is 0 Å². The van der Waals surface area contributed by atoms with Crippen molar-refractivity contribution in [1.82, 2.24) is 15.1 Å². The van der Waals surface area contributed by atoms with Crippen LogP contribution in [0, 0.1) is 5.92 Å². The lowest BCUT2D eigenvalue weighted by Gasteiger charge is -2.10. The minimum Gasteiger partial charge on any atom is -0.481 e.